The van der Waals surface area contributed by atoms with Gasteiger partial charge in [-0.25, -0.2) is 0 Å². The molecular formula is C15H32N2O. The molecular weight excluding hydrogens is 224 g/mol. The van der Waals surface area contributed by atoms with Crippen LogP contribution in [0.25, 0.3) is 0 Å². The Bertz CT molecular complexity index is 235. The van der Waals surface area contributed by atoms with Crippen LogP contribution in [0.3, 0.4) is 0 Å². The predicted molar refractivity (Wildman–Crippen MR) is 77.8 cm³/mol. The highest BCUT2D eigenvalue weighted by molar-refractivity contribution is 4.82. The standard InChI is InChI=1S/C15H32N2O/c1-5-16-15(4,12-18)8-6-9-17-10-7-13(2)14(3)11-17/h13-14,16,18H,5-12H2,1-4H3. The zero-order valence-corrected chi connectivity index (χ0v) is 12.7. The van der Waals surface area contributed by atoms with Crippen molar-refractivity contribution in [1.29, 1.82) is 0 Å². The topological polar surface area (TPSA) is 35.5 Å². The van der Waals surface area contributed by atoms with Crippen LogP contribution in [0.2, 0.25) is 0 Å². The van der Waals surface area contributed by atoms with Gasteiger partial charge < -0.3 is 15.3 Å². The number of rotatable bonds is 7. The fourth-order valence-electron chi connectivity index (χ4n) is 2.90. The fraction of sp³-hybridized carbons (Fsp3) is 1.00. The molecule has 0 bridgehead atoms. The number of nitrogens with zero attached hydrogens (tertiary/aromatic N) is 1. The molecule has 0 aliphatic carbocycles. The number of hydrogen-bond acceptors (Lipinski definition) is 3. The molecule has 0 aromatic carbocycles. The normalized spacial score (nSPS) is 29.2. The van der Waals surface area contributed by atoms with E-state index in [1.807, 2.05) is 0 Å². The Labute approximate surface area is 113 Å². The first-order valence-corrected chi connectivity index (χ1v) is 7.59. The summed E-state index contributed by atoms with van der Waals surface area (Å²) in [6, 6.07) is 0. The Morgan fingerprint density at radius 3 is 2.61 bits per heavy atom. The van der Waals surface area contributed by atoms with E-state index in [0.29, 0.717) is 0 Å². The van der Waals surface area contributed by atoms with E-state index in [4.69, 9.17) is 0 Å². The lowest BCUT2D eigenvalue weighted by atomic mass is 9.88. The zero-order chi connectivity index (χ0) is 13.6. The minimum atomic E-state index is -0.0938. The van der Waals surface area contributed by atoms with Gasteiger partial charge in [-0.3, -0.25) is 0 Å². The molecule has 108 valence electrons. The van der Waals surface area contributed by atoms with Crippen molar-refractivity contribution in [3.63, 3.8) is 0 Å². The average molecular weight is 256 g/mol. The number of likely N-dealkylation sites (tertiary alicyclic amines) is 1. The summed E-state index contributed by atoms with van der Waals surface area (Å²) < 4.78 is 0. The Morgan fingerprint density at radius 1 is 1.33 bits per heavy atom. The summed E-state index contributed by atoms with van der Waals surface area (Å²) >= 11 is 0. The van der Waals surface area contributed by atoms with E-state index in [1.165, 1.54) is 32.5 Å². The highest BCUT2D eigenvalue weighted by Gasteiger charge is 2.24. The maximum absolute atomic E-state index is 9.45. The summed E-state index contributed by atoms with van der Waals surface area (Å²) in [5, 5.41) is 12.8. The van der Waals surface area contributed by atoms with Crippen molar-refractivity contribution in [2.24, 2.45) is 11.8 Å². The maximum Gasteiger partial charge on any atom is 0.0610 e. The van der Waals surface area contributed by atoms with Gasteiger partial charge in [0.1, 0.15) is 0 Å². The van der Waals surface area contributed by atoms with Crippen LogP contribution in [0.1, 0.15) is 47.0 Å². The van der Waals surface area contributed by atoms with Crippen molar-refractivity contribution < 1.29 is 5.11 Å². The van der Waals surface area contributed by atoms with Gasteiger partial charge in [-0.05, 0) is 57.7 Å². The second-order valence-electron chi connectivity index (χ2n) is 6.40. The zero-order valence-electron chi connectivity index (χ0n) is 12.7. The first kappa shape index (κ1) is 15.9. The van der Waals surface area contributed by atoms with Gasteiger partial charge >= 0.3 is 0 Å². The molecule has 0 saturated carbocycles. The van der Waals surface area contributed by atoms with E-state index in [0.717, 1.165) is 24.8 Å². The Morgan fingerprint density at radius 2 is 2.06 bits per heavy atom. The molecule has 1 rings (SSSR count). The minimum absolute atomic E-state index is 0.0938. The molecule has 0 spiro atoms. The summed E-state index contributed by atoms with van der Waals surface area (Å²) in [6.45, 7) is 13.8. The fourth-order valence-corrected chi connectivity index (χ4v) is 2.90. The number of nitrogens with one attached hydrogen (secondary N) is 1. The molecule has 1 heterocycles. The molecule has 0 radical (unpaired) electrons. The van der Waals surface area contributed by atoms with E-state index in [1.54, 1.807) is 0 Å². The van der Waals surface area contributed by atoms with Crippen LogP contribution in [0.4, 0.5) is 0 Å². The lowest BCUT2D eigenvalue weighted by Crippen LogP contribution is -2.46. The highest BCUT2D eigenvalue weighted by atomic mass is 16.3. The third-order valence-electron chi connectivity index (χ3n) is 4.57. The molecule has 1 fully saturated rings. The third-order valence-corrected chi connectivity index (χ3v) is 4.57. The number of piperidine rings is 1. The number of hydrogen-bond donors (Lipinski definition) is 2. The second kappa shape index (κ2) is 7.46. The largest absolute Gasteiger partial charge is 0.394 e. The number of likely N-dealkylation sites (N-methyl/N-ethyl adjacent to an activating group) is 1. The molecule has 1 aliphatic rings. The third kappa shape index (κ3) is 4.87. The smallest absolute Gasteiger partial charge is 0.0610 e. The quantitative estimate of drug-likeness (QED) is 0.732. The molecule has 3 heteroatoms. The Kier molecular flexibility index (Phi) is 6.61. The monoisotopic (exact) mass is 256 g/mol. The molecule has 3 unspecified atom stereocenters. The number of aliphatic hydroxyl groups is 1. The lowest BCUT2D eigenvalue weighted by molar-refractivity contribution is 0.123. The van der Waals surface area contributed by atoms with Crippen molar-refractivity contribution in [3.8, 4) is 0 Å². The first-order valence-electron chi connectivity index (χ1n) is 7.59. The molecule has 0 aromatic heterocycles. The summed E-state index contributed by atoms with van der Waals surface area (Å²) in [5.41, 5.74) is -0.0938. The molecule has 2 N–H and O–H groups in total. The SMILES string of the molecule is CCNC(C)(CO)CCCN1CCC(C)C(C)C1. The molecule has 18 heavy (non-hydrogen) atoms. The van der Waals surface area contributed by atoms with Gasteiger partial charge in [-0.1, -0.05) is 20.8 Å². The van der Waals surface area contributed by atoms with Crippen LogP contribution in [-0.4, -0.2) is 48.3 Å². The number of aliphatic hydroxyl groups excluding tert-OH is 1. The predicted octanol–water partition coefficient (Wildman–Crippen LogP) is 2.10. The molecule has 0 aromatic rings. The van der Waals surface area contributed by atoms with E-state index >= 15 is 0 Å². The van der Waals surface area contributed by atoms with Crippen LogP contribution in [0, 0.1) is 11.8 Å². The maximum atomic E-state index is 9.45. The van der Waals surface area contributed by atoms with E-state index in [2.05, 4.69) is 37.9 Å². The lowest BCUT2D eigenvalue weighted by Gasteiger charge is -2.36. The van der Waals surface area contributed by atoms with E-state index in [9.17, 15) is 5.11 Å². The van der Waals surface area contributed by atoms with E-state index < -0.39 is 0 Å². The summed E-state index contributed by atoms with van der Waals surface area (Å²) in [6.07, 6.45) is 3.56. The van der Waals surface area contributed by atoms with Gasteiger partial charge in [0.05, 0.1) is 6.61 Å². The minimum Gasteiger partial charge on any atom is -0.394 e. The Hall–Kier alpha value is -0.120. The Balaban J connectivity index is 2.25. The van der Waals surface area contributed by atoms with E-state index in [-0.39, 0.29) is 12.1 Å². The van der Waals surface area contributed by atoms with Gasteiger partial charge in [-0.2, -0.15) is 0 Å². The van der Waals surface area contributed by atoms with Crippen molar-refractivity contribution >= 4 is 0 Å². The van der Waals surface area contributed by atoms with Gasteiger partial charge in [-0.15, -0.1) is 0 Å². The summed E-state index contributed by atoms with van der Waals surface area (Å²) in [4.78, 5) is 2.59. The van der Waals surface area contributed by atoms with Crippen molar-refractivity contribution in [2.75, 3.05) is 32.8 Å². The molecule has 0 amide bonds. The molecule has 1 saturated heterocycles. The average Bonchev–Trinajstić information content (AvgIpc) is 2.34. The van der Waals surface area contributed by atoms with Crippen LogP contribution in [0.5, 0.6) is 0 Å². The van der Waals surface area contributed by atoms with Crippen molar-refractivity contribution in [1.82, 2.24) is 10.2 Å². The first-order chi connectivity index (χ1) is 8.50. The molecule has 1 aliphatic heterocycles. The van der Waals surface area contributed by atoms with Crippen LogP contribution in [-0.2, 0) is 0 Å². The van der Waals surface area contributed by atoms with Crippen molar-refractivity contribution in [3.05, 3.63) is 0 Å². The summed E-state index contributed by atoms with van der Waals surface area (Å²) in [5.74, 6) is 1.71. The van der Waals surface area contributed by atoms with Crippen LogP contribution < -0.4 is 5.32 Å². The molecule has 3 nitrogen and oxygen atoms in total. The molecule has 3 atom stereocenters. The van der Waals surface area contributed by atoms with Gasteiger partial charge in [0, 0.05) is 12.1 Å². The van der Waals surface area contributed by atoms with Gasteiger partial charge in [0.15, 0.2) is 0 Å². The van der Waals surface area contributed by atoms with Gasteiger partial charge in [0.25, 0.3) is 0 Å². The summed E-state index contributed by atoms with van der Waals surface area (Å²) in [7, 11) is 0. The van der Waals surface area contributed by atoms with Crippen LogP contribution >= 0.6 is 0 Å². The van der Waals surface area contributed by atoms with Crippen molar-refractivity contribution in [2.45, 2.75) is 52.5 Å². The van der Waals surface area contributed by atoms with Crippen LogP contribution in [0.15, 0.2) is 0 Å². The van der Waals surface area contributed by atoms with Gasteiger partial charge in [0.2, 0.25) is 0 Å². The second-order valence-corrected chi connectivity index (χ2v) is 6.40. The highest BCUT2D eigenvalue weighted by Crippen LogP contribution is 2.23.